The Kier molecular flexibility index (Phi) is 25.0. The lowest BCUT2D eigenvalue weighted by atomic mass is 10.2. The number of nitrogens with zero attached hydrogens (tertiary/aromatic N) is 14. The van der Waals surface area contributed by atoms with E-state index in [1.165, 1.54) is 111 Å². The predicted octanol–water partition coefficient (Wildman–Crippen LogP) is 13.6. The molecule has 0 aliphatic heterocycles. The fourth-order valence-corrected chi connectivity index (χ4v) is 8.26. The van der Waals surface area contributed by atoms with Gasteiger partial charge in [0, 0.05) is 77.4 Å². The molecule has 0 bridgehead atoms. The van der Waals surface area contributed by atoms with Crippen LogP contribution < -0.4 is 40.2 Å². The number of aryl methyl sites for hydroxylation is 4. The maximum atomic E-state index is 13.9. The van der Waals surface area contributed by atoms with Crippen molar-refractivity contribution in [3.63, 3.8) is 0 Å². The van der Waals surface area contributed by atoms with E-state index in [4.69, 9.17) is 18.9 Å². The van der Waals surface area contributed by atoms with Crippen molar-refractivity contribution in [1.29, 1.82) is 10.5 Å². The molecule has 0 saturated heterocycles. The van der Waals surface area contributed by atoms with Gasteiger partial charge >= 0.3 is 0 Å². The van der Waals surface area contributed by atoms with Crippen LogP contribution in [0.5, 0.6) is 46.0 Å². The van der Waals surface area contributed by atoms with Gasteiger partial charge in [0.15, 0.2) is 34.6 Å². The molecule has 12 aromatic rings. The zero-order chi connectivity index (χ0) is 69.2. The normalized spacial score (nSPS) is 9.98. The molecule has 0 aliphatic carbocycles. The monoisotopic (exact) mass is 1330 g/mol. The number of hydrogen-bond donors (Lipinski definition) is 4. The molecule has 99 heavy (non-hydrogen) atoms. The standard InChI is InChI=1S/2C18H13N5O2.2C17H13FN4O2.CH4/c2*1-12-2-3-22-17(4-12)18(24)23-14-5-13(8-19)6-15(7-14)25-16-9-20-11-21-10-16;1-11-2-3-21-16(4-11)17(23)22-13-5-12(18)6-14(7-13)24-15-8-19-10-20-9-15;1-11-3-2-4-15(21-11)17(23)22-12-5-6-14(18)16(7-12)24-13-8-19-10-20-9-13;/h2*2-7,9-11H,1H3,(H,23,24);2*2-10H,1H3,(H,22,23);1H4. The average Bonchev–Trinajstić information content (AvgIpc) is 0.909. The number of hydrogen-bond acceptors (Lipinski definition) is 22. The summed E-state index contributed by atoms with van der Waals surface area (Å²) in [6.45, 7) is 7.41. The highest BCUT2D eigenvalue weighted by atomic mass is 19.1. The molecule has 26 nitrogen and oxygen atoms in total. The molecule has 4 aromatic carbocycles. The summed E-state index contributed by atoms with van der Waals surface area (Å²) in [6, 6.07) is 37.0. The summed E-state index contributed by atoms with van der Waals surface area (Å²) >= 11 is 0. The third-order valence-corrected chi connectivity index (χ3v) is 12.6. The second-order valence-electron chi connectivity index (χ2n) is 20.4. The Morgan fingerprint density at radius 1 is 0.384 bits per heavy atom. The lowest BCUT2D eigenvalue weighted by molar-refractivity contribution is 0.101. The van der Waals surface area contributed by atoms with Crippen molar-refractivity contribution in [1.82, 2.24) is 59.8 Å². The first kappa shape index (κ1) is 70.6. The zero-order valence-electron chi connectivity index (χ0n) is 52.1. The van der Waals surface area contributed by atoms with Crippen molar-refractivity contribution in [2.75, 3.05) is 21.3 Å². The molecule has 0 atom stereocenters. The second kappa shape index (κ2) is 35.1. The van der Waals surface area contributed by atoms with Gasteiger partial charge < -0.3 is 40.2 Å². The van der Waals surface area contributed by atoms with Crippen LogP contribution in [0.3, 0.4) is 0 Å². The molecule has 0 aliphatic rings. The number of benzene rings is 4. The maximum absolute atomic E-state index is 13.9. The summed E-state index contributed by atoms with van der Waals surface area (Å²) in [5.74, 6) is -0.202. The second-order valence-corrected chi connectivity index (χ2v) is 20.4. The van der Waals surface area contributed by atoms with E-state index in [9.17, 15) is 38.5 Å². The molecule has 12 rings (SSSR count). The summed E-state index contributed by atoms with van der Waals surface area (Å²) in [5.41, 5.74) is 6.81. The SMILES string of the molecule is C.Cc1cccc(C(=O)Nc2ccc(F)c(Oc3cncnc3)c2)n1.Cc1ccnc(C(=O)Nc2cc(C#N)cc(Oc3cncnc3)c2)c1.Cc1ccnc(C(=O)Nc2cc(C#N)cc(Oc3cncnc3)c2)c1.Cc1ccnc(C(=O)Nc2cc(F)cc(Oc3cncnc3)c2)c1. The maximum Gasteiger partial charge on any atom is 0.274 e. The largest absolute Gasteiger partial charge is 0.454 e. The zero-order valence-corrected chi connectivity index (χ0v) is 52.1. The first-order valence-electron chi connectivity index (χ1n) is 28.9. The van der Waals surface area contributed by atoms with Crippen molar-refractivity contribution in [3.05, 3.63) is 289 Å². The number of carbonyl (C=O) groups is 4. The number of carbonyl (C=O) groups excluding carboxylic acids is 4. The number of ether oxygens (including phenoxy) is 4. The first-order valence-corrected chi connectivity index (χ1v) is 28.9. The van der Waals surface area contributed by atoms with Gasteiger partial charge in [-0.05, 0) is 135 Å². The molecule has 0 spiro atoms. The third kappa shape index (κ3) is 22.2. The van der Waals surface area contributed by atoms with Gasteiger partial charge in [-0.2, -0.15) is 10.5 Å². The summed E-state index contributed by atoms with van der Waals surface area (Å²) < 4.78 is 49.8. The Bertz CT molecular complexity index is 4710. The van der Waals surface area contributed by atoms with Gasteiger partial charge in [-0.3, -0.25) is 34.1 Å². The van der Waals surface area contributed by atoms with E-state index in [0.29, 0.717) is 74.1 Å². The van der Waals surface area contributed by atoms with Gasteiger partial charge in [0.05, 0.1) is 72.8 Å². The number of nitriles is 2. The highest BCUT2D eigenvalue weighted by Crippen LogP contribution is 2.30. The molecule has 8 heterocycles. The quantitative estimate of drug-likeness (QED) is 0.0698. The van der Waals surface area contributed by atoms with E-state index in [-0.39, 0.29) is 53.7 Å². The predicted molar refractivity (Wildman–Crippen MR) is 358 cm³/mol. The Balaban J connectivity index is 0.000000168. The van der Waals surface area contributed by atoms with E-state index in [0.717, 1.165) is 22.4 Å². The van der Waals surface area contributed by atoms with E-state index >= 15 is 0 Å². The van der Waals surface area contributed by atoms with Crippen molar-refractivity contribution >= 4 is 46.4 Å². The van der Waals surface area contributed by atoms with Crippen LogP contribution in [0.15, 0.2) is 221 Å². The van der Waals surface area contributed by atoms with Gasteiger partial charge in [-0.15, -0.1) is 0 Å². The number of aromatic nitrogens is 12. The Morgan fingerprint density at radius 2 is 0.747 bits per heavy atom. The van der Waals surface area contributed by atoms with Crippen LogP contribution in [0.4, 0.5) is 31.5 Å². The topological polar surface area (TPSA) is 356 Å². The Hall–Kier alpha value is -14.3. The number of nitrogens with one attached hydrogen (secondary N) is 4. The molecular formula is C71H56F2N18O8. The number of rotatable bonds is 16. The fourth-order valence-electron chi connectivity index (χ4n) is 8.26. The van der Waals surface area contributed by atoms with Crippen LogP contribution in [0.25, 0.3) is 0 Å². The Labute approximate surface area is 564 Å². The molecule has 0 unspecified atom stereocenters. The Morgan fingerprint density at radius 3 is 1.13 bits per heavy atom. The number of halogens is 2. The van der Waals surface area contributed by atoms with Crippen molar-refractivity contribution in [2.45, 2.75) is 35.1 Å². The molecule has 0 fully saturated rings. The molecular weight excluding hydrogens is 1270 g/mol. The van der Waals surface area contributed by atoms with Crippen molar-refractivity contribution < 1.29 is 46.9 Å². The minimum Gasteiger partial charge on any atom is -0.454 e. The minimum atomic E-state index is -0.564. The van der Waals surface area contributed by atoms with Gasteiger partial charge in [0.1, 0.15) is 71.2 Å². The fraction of sp³-hybridized carbons (Fsp3) is 0.0704. The van der Waals surface area contributed by atoms with E-state index in [2.05, 4.69) is 81.1 Å². The highest BCUT2D eigenvalue weighted by Gasteiger charge is 2.16. The van der Waals surface area contributed by atoms with Crippen LogP contribution in [0, 0.1) is 62.0 Å². The lowest BCUT2D eigenvalue weighted by Crippen LogP contribution is -2.14. The summed E-state index contributed by atoms with van der Waals surface area (Å²) in [4.78, 5) is 95.9. The molecule has 4 N–H and O–H groups in total. The molecule has 0 saturated carbocycles. The molecule has 492 valence electrons. The van der Waals surface area contributed by atoms with Crippen molar-refractivity contribution in [3.8, 4) is 58.1 Å². The molecule has 4 amide bonds. The van der Waals surface area contributed by atoms with Crippen LogP contribution in [-0.2, 0) is 0 Å². The van der Waals surface area contributed by atoms with Crippen LogP contribution in [0.1, 0.15) is 82.9 Å². The van der Waals surface area contributed by atoms with E-state index in [1.807, 2.05) is 32.9 Å². The van der Waals surface area contributed by atoms with Gasteiger partial charge in [-0.1, -0.05) is 13.5 Å². The van der Waals surface area contributed by atoms with Gasteiger partial charge in [0.25, 0.3) is 23.6 Å². The summed E-state index contributed by atoms with van der Waals surface area (Å²) in [6.07, 6.45) is 21.9. The van der Waals surface area contributed by atoms with E-state index in [1.54, 1.807) is 117 Å². The summed E-state index contributed by atoms with van der Waals surface area (Å²) in [5, 5.41) is 29.1. The van der Waals surface area contributed by atoms with Crippen LogP contribution in [-0.4, -0.2) is 83.4 Å². The number of anilines is 4. The van der Waals surface area contributed by atoms with Gasteiger partial charge in [-0.25, -0.2) is 53.6 Å². The van der Waals surface area contributed by atoms with Crippen molar-refractivity contribution in [2.24, 2.45) is 0 Å². The molecule has 8 aromatic heterocycles. The number of amides is 4. The third-order valence-electron chi connectivity index (χ3n) is 12.6. The number of pyridine rings is 4. The smallest absolute Gasteiger partial charge is 0.274 e. The molecule has 28 heteroatoms. The average molecular weight is 1330 g/mol. The minimum absolute atomic E-state index is 0. The van der Waals surface area contributed by atoms with Gasteiger partial charge in [0.2, 0.25) is 0 Å². The summed E-state index contributed by atoms with van der Waals surface area (Å²) in [7, 11) is 0. The van der Waals surface area contributed by atoms with E-state index < -0.39 is 17.5 Å². The van der Waals surface area contributed by atoms with Crippen LogP contribution >= 0.6 is 0 Å². The first-order chi connectivity index (χ1) is 47.5. The highest BCUT2D eigenvalue weighted by molar-refractivity contribution is 6.05. The molecule has 0 radical (unpaired) electrons. The lowest BCUT2D eigenvalue weighted by Gasteiger charge is -2.09. The van der Waals surface area contributed by atoms with Crippen LogP contribution in [0.2, 0.25) is 0 Å².